The lowest BCUT2D eigenvalue weighted by atomic mass is 9.96. The van der Waals surface area contributed by atoms with Crippen LogP contribution in [0.4, 0.5) is 0 Å². The Kier molecular flexibility index (Phi) is 18.3. The molecule has 0 saturated carbocycles. The molecule has 0 aromatic carbocycles. The molecule has 1 fully saturated rings. The predicted molar refractivity (Wildman–Crippen MR) is 139 cm³/mol. The summed E-state index contributed by atoms with van der Waals surface area (Å²) in [5.74, 6) is -3.14. The third kappa shape index (κ3) is 13.5. The van der Waals surface area contributed by atoms with E-state index < -0.39 is 43.0 Å². The van der Waals surface area contributed by atoms with Gasteiger partial charge in [-0.2, -0.15) is 0 Å². The minimum Gasteiger partial charge on any atom is -0.433 e. The largest absolute Gasteiger partial charge is 0.433 e. The van der Waals surface area contributed by atoms with Crippen LogP contribution in [0, 0.1) is 0 Å². The van der Waals surface area contributed by atoms with Crippen LogP contribution in [0.25, 0.3) is 0 Å². The molecule has 1 rings (SSSR count). The fraction of sp³-hybridized carbons (Fsp3) is 0.893. The summed E-state index contributed by atoms with van der Waals surface area (Å²) < 4.78 is 9.93. The summed E-state index contributed by atoms with van der Waals surface area (Å²) in [6, 6.07) is 0. The van der Waals surface area contributed by atoms with Gasteiger partial charge in [-0.1, -0.05) is 96.1 Å². The maximum absolute atomic E-state index is 12.0. The smallest absolute Gasteiger partial charge is 0.308 e. The Balaban J connectivity index is 1.94. The molecule has 1 heterocycles. The number of carbonyl (C=O) groups is 1. The number of aliphatic hydroxyl groups is 5. The number of esters is 1. The number of rotatable bonds is 21. The van der Waals surface area contributed by atoms with Crippen LogP contribution in [0.5, 0.6) is 0 Å². The Labute approximate surface area is 217 Å². The Hall–Kier alpha value is -1.03. The maximum atomic E-state index is 12.0. The third-order valence-electron chi connectivity index (χ3n) is 6.85. The number of aliphatic hydroxyl groups excluding tert-OH is 4. The molecule has 8 nitrogen and oxygen atoms in total. The van der Waals surface area contributed by atoms with Crippen molar-refractivity contribution in [1.82, 2.24) is 0 Å². The van der Waals surface area contributed by atoms with Crippen molar-refractivity contribution < 1.29 is 39.8 Å². The van der Waals surface area contributed by atoms with Crippen molar-refractivity contribution in [3.8, 4) is 0 Å². The molecule has 0 aromatic rings. The van der Waals surface area contributed by atoms with Crippen LogP contribution < -0.4 is 0 Å². The summed E-state index contributed by atoms with van der Waals surface area (Å²) in [4.78, 5) is 12.0. The van der Waals surface area contributed by atoms with Crippen molar-refractivity contribution in [1.29, 1.82) is 0 Å². The molecule has 1 saturated heterocycles. The molecular weight excluding hydrogens is 464 g/mol. The molecule has 0 spiro atoms. The Morgan fingerprint density at radius 3 is 1.75 bits per heavy atom. The maximum Gasteiger partial charge on any atom is 0.308 e. The second kappa shape index (κ2) is 20.0. The van der Waals surface area contributed by atoms with Gasteiger partial charge in [0.2, 0.25) is 12.1 Å². The second-order valence-electron chi connectivity index (χ2n) is 10.2. The molecule has 0 aliphatic carbocycles. The number of carbonyl (C=O) groups excluding carboxylic acids is 1. The zero-order valence-electron chi connectivity index (χ0n) is 22.4. The first-order chi connectivity index (χ1) is 17.4. The van der Waals surface area contributed by atoms with Crippen molar-refractivity contribution in [2.75, 3.05) is 6.61 Å². The first kappa shape index (κ1) is 33.0. The summed E-state index contributed by atoms with van der Waals surface area (Å²) in [6.45, 7) is 1.23. The average molecular weight is 517 g/mol. The van der Waals surface area contributed by atoms with Gasteiger partial charge in [0, 0.05) is 6.42 Å². The topological polar surface area (TPSA) is 137 Å². The summed E-state index contributed by atoms with van der Waals surface area (Å²) in [7, 11) is 0. The molecule has 0 aromatic heterocycles. The van der Waals surface area contributed by atoms with Crippen molar-refractivity contribution in [3.63, 3.8) is 0 Å². The minimum atomic E-state index is -2.51. The predicted octanol–water partition coefficient (Wildman–Crippen LogP) is 4.25. The van der Waals surface area contributed by atoms with E-state index >= 15 is 0 Å². The highest BCUT2D eigenvalue weighted by molar-refractivity contribution is 5.69. The van der Waals surface area contributed by atoms with Crippen LogP contribution in [0.15, 0.2) is 12.2 Å². The molecule has 1 aliphatic rings. The van der Waals surface area contributed by atoms with E-state index in [0.717, 1.165) is 19.3 Å². The molecule has 0 amide bonds. The SMILES string of the molecule is CCCCCCCC/C=C/CCCCCCCCCCCC(=O)OC1O[C@@](O)(CO)[C@@H](O)[C@H](O)[C@@H]1O. The van der Waals surface area contributed by atoms with Gasteiger partial charge in [0.05, 0.1) is 6.61 Å². The Bertz CT molecular complexity index is 584. The van der Waals surface area contributed by atoms with Crippen LogP contribution in [-0.2, 0) is 14.3 Å². The number of hydrogen-bond donors (Lipinski definition) is 5. The highest BCUT2D eigenvalue weighted by atomic mass is 16.8. The quantitative estimate of drug-likeness (QED) is 0.0868. The van der Waals surface area contributed by atoms with Crippen molar-refractivity contribution in [2.24, 2.45) is 0 Å². The molecule has 5 N–H and O–H groups in total. The highest BCUT2D eigenvalue weighted by Crippen LogP contribution is 2.28. The fourth-order valence-electron chi connectivity index (χ4n) is 4.42. The van der Waals surface area contributed by atoms with Gasteiger partial charge in [0.25, 0.3) is 0 Å². The van der Waals surface area contributed by atoms with Crippen molar-refractivity contribution in [2.45, 2.75) is 153 Å². The summed E-state index contributed by atoms with van der Waals surface area (Å²) in [5, 5.41) is 48.6. The summed E-state index contributed by atoms with van der Waals surface area (Å²) >= 11 is 0. The Morgan fingerprint density at radius 1 is 0.778 bits per heavy atom. The van der Waals surface area contributed by atoms with Crippen LogP contribution in [0.1, 0.15) is 122 Å². The van der Waals surface area contributed by atoms with Gasteiger partial charge in [0.15, 0.2) is 0 Å². The van der Waals surface area contributed by atoms with Crippen molar-refractivity contribution >= 4 is 5.97 Å². The van der Waals surface area contributed by atoms with Crippen LogP contribution in [-0.4, -0.2) is 68.5 Å². The molecule has 0 bridgehead atoms. The van der Waals surface area contributed by atoms with Crippen LogP contribution in [0.2, 0.25) is 0 Å². The standard InChI is InChI=1S/C28H52O8/c1-2-3-4-5-6-7-8-9-10-11-12-13-14-15-16-17-18-19-20-21-23(30)35-27-25(32)24(31)26(33)28(34,22-29)36-27/h9-10,24-27,29,31-34H,2-8,11-22H2,1H3/b10-9+/t24-,25+,26+,27?,28+/m1/s1. The van der Waals surface area contributed by atoms with E-state index in [0.29, 0.717) is 6.42 Å². The van der Waals surface area contributed by atoms with E-state index in [1.165, 1.54) is 83.5 Å². The van der Waals surface area contributed by atoms with E-state index in [-0.39, 0.29) is 6.42 Å². The molecule has 1 unspecified atom stereocenters. The van der Waals surface area contributed by atoms with Gasteiger partial charge < -0.3 is 35.0 Å². The van der Waals surface area contributed by atoms with Gasteiger partial charge in [-0.25, -0.2) is 0 Å². The van der Waals surface area contributed by atoms with E-state index in [1.54, 1.807) is 0 Å². The number of unbranched alkanes of at least 4 members (excludes halogenated alkanes) is 15. The van der Waals surface area contributed by atoms with Gasteiger partial charge in [-0.15, -0.1) is 0 Å². The third-order valence-corrected chi connectivity index (χ3v) is 6.85. The van der Waals surface area contributed by atoms with E-state index in [9.17, 15) is 30.3 Å². The summed E-state index contributed by atoms with van der Waals surface area (Å²) in [5.41, 5.74) is 0. The second-order valence-corrected chi connectivity index (χ2v) is 10.2. The van der Waals surface area contributed by atoms with Crippen molar-refractivity contribution in [3.05, 3.63) is 12.2 Å². The normalized spacial score (nSPS) is 26.5. The monoisotopic (exact) mass is 516 g/mol. The molecule has 0 radical (unpaired) electrons. The van der Waals surface area contributed by atoms with Gasteiger partial charge in [-0.05, 0) is 32.1 Å². The lowest BCUT2D eigenvalue weighted by Crippen LogP contribution is -2.66. The first-order valence-electron chi connectivity index (χ1n) is 14.3. The molecular formula is C28H52O8. The summed E-state index contributed by atoms with van der Waals surface area (Å²) in [6.07, 6.45) is 18.1. The molecule has 5 atom stereocenters. The van der Waals surface area contributed by atoms with Crippen LogP contribution in [0.3, 0.4) is 0 Å². The fourth-order valence-corrected chi connectivity index (χ4v) is 4.42. The molecule has 1 aliphatic heterocycles. The van der Waals surface area contributed by atoms with Gasteiger partial charge in [-0.3, -0.25) is 4.79 Å². The molecule has 212 valence electrons. The minimum absolute atomic E-state index is 0.120. The van der Waals surface area contributed by atoms with Gasteiger partial charge >= 0.3 is 5.97 Å². The first-order valence-corrected chi connectivity index (χ1v) is 14.3. The Morgan fingerprint density at radius 2 is 1.25 bits per heavy atom. The zero-order valence-corrected chi connectivity index (χ0v) is 22.4. The lowest BCUT2D eigenvalue weighted by Gasteiger charge is -2.43. The van der Waals surface area contributed by atoms with Crippen LogP contribution >= 0.6 is 0 Å². The number of ether oxygens (including phenoxy) is 2. The highest BCUT2D eigenvalue weighted by Gasteiger charge is 2.54. The van der Waals surface area contributed by atoms with E-state index in [2.05, 4.69) is 19.1 Å². The number of allylic oxidation sites excluding steroid dienone is 2. The molecule has 36 heavy (non-hydrogen) atoms. The molecule has 8 heteroatoms. The van der Waals surface area contributed by atoms with Gasteiger partial charge in [0.1, 0.15) is 18.3 Å². The number of hydrogen-bond acceptors (Lipinski definition) is 8. The van der Waals surface area contributed by atoms with E-state index in [1.807, 2.05) is 0 Å². The zero-order chi connectivity index (χ0) is 26.7. The lowest BCUT2D eigenvalue weighted by molar-refractivity contribution is -0.390. The van der Waals surface area contributed by atoms with E-state index in [4.69, 9.17) is 9.47 Å². The average Bonchev–Trinajstić information content (AvgIpc) is 2.87.